The molecule has 0 spiro atoms. The van der Waals surface area contributed by atoms with Crippen molar-refractivity contribution in [3.05, 3.63) is 95.1 Å². The lowest BCUT2D eigenvalue weighted by Crippen LogP contribution is -2.53. The molecule has 0 aliphatic rings. The fourth-order valence-corrected chi connectivity index (χ4v) is 5.28. The lowest BCUT2D eigenvalue weighted by atomic mass is 10.0. The van der Waals surface area contributed by atoms with Crippen LogP contribution in [0.2, 0.25) is 0 Å². The number of carbonyl (C=O) groups is 2. The second kappa shape index (κ2) is 14.2. The minimum atomic E-state index is -3.82. The van der Waals surface area contributed by atoms with Crippen molar-refractivity contribution in [3.8, 4) is 5.75 Å². The highest BCUT2D eigenvalue weighted by Crippen LogP contribution is 2.23. The van der Waals surface area contributed by atoms with Crippen molar-refractivity contribution in [2.45, 2.75) is 46.7 Å². The molecule has 8 nitrogen and oxygen atoms in total. The molecule has 0 bridgehead atoms. The molecular weight excluding hydrogens is 538 g/mol. The average Bonchev–Trinajstić information content (AvgIpc) is 2.93. The maximum absolute atomic E-state index is 14.2. The first-order valence-corrected chi connectivity index (χ1v) is 15.5. The average molecular weight is 580 g/mol. The van der Waals surface area contributed by atoms with Crippen LogP contribution in [0.5, 0.6) is 5.75 Å². The number of nitrogens with one attached hydrogen (secondary N) is 1. The number of carbonyl (C=O) groups excluding carboxylic acids is 2. The molecule has 0 aromatic heterocycles. The lowest BCUT2D eigenvalue weighted by molar-refractivity contribution is -0.140. The van der Waals surface area contributed by atoms with E-state index in [-0.39, 0.29) is 24.8 Å². The van der Waals surface area contributed by atoms with Crippen LogP contribution < -0.4 is 14.4 Å². The van der Waals surface area contributed by atoms with E-state index in [0.29, 0.717) is 18.0 Å². The van der Waals surface area contributed by atoms with Crippen molar-refractivity contribution in [3.63, 3.8) is 0 Å². The summed E-state index contributed by atoms with van der Waals surface area (Å²) >= 11 is 0. The van der Waals surface area contributed by atoms with Gasteiger partial charge in [0.1, 0.15) is 18.3 Å². The Morgan fingerprint density at radius 2 is 1.59 bits per heavy atom. The van der Waals surface area contributed by atoms with Crippen LogP contribution in [-0.2, 0) is 32.6 Å². The Labute approximate surface area is 244 Å². The fourth-order valence-electron chi connectivity index (χ4n) is 4.44. The molecule has 41 heavy (non-hydrogen) atoms. The summed E-state index contributed by atoms with van der Waals surface area (Å²) in [6.07, 6.45) is 1.35. The second-order valence-corrected chi connectivity index (χ2v) is 12.7. The number of benzene rings is 3. The molecule has 9 heteroatoms. The maximum Gasteiger partial charge on any atom is 0.244 e. The molecule has 3 rings (SSSR count). The molecule has 0 aliphatic heterocycles. The highest BCUT2D eigenvalue weighted by Gasteiger charge is 2.33. The first-order valence-electron chi connectivity index (χ1n) is 13.7. The van der Waals surface area contributed by atoms with Crippen LogP contribution in [0, 0.1) is 19.8 Å². The number of methoxy groups -OCH3 is 1. The second-order valence-electron chi connectivity index (χ2n) is 10.8. The summed E-state index contributed by atoms with van der Waals surface area (Å²) in [5.41, 5.74) is 3.96. The van der Waals surface area contributed by atoms with Crippen LogP contribution in [0.1, 0.15) is 36.1 Å². The molecule has 2 amide bonds. The third kappa shape index (κ3) is 9.08. The molecule has 220 valence electrons. The topological polar surface area (TPSA) is 96.0 Å². The summed E-state index contributed by atoms with van der Waals surface area (Å²) in [5.74, 6) is 0.0454. The quantitative estimate of drug-likeness (QED) is 0.322. The predicted octanol–water partition coefficient (Wildman–Crippen LogP) is 4.49. The van der Waals surface area contributed by atoms with Gasteiger partial charge in [-0.25, -0.2) is 8.42 Å². The SMILES string of the molecule is COc1cccc(CN(C(=O)CN(c2ccc(C)c(C)c2)S(C)(=O)=O)C(Cc2ccccc2)C(=O)NCC(C)C)c1. The van der Waals surface area contributed by atoms with E-state index in [0.717, 1.165) is 32.8 Å². The van der Waals surface area contributed by atoms with Gasteiger partial charge in [0.15, 0.2) is 0 Å². The third-order valence-corrected chi connectivity index (χ3v) is 8.04. The van der Waals surface area contributed by atoms with Crippen LogP contribution >= 0.6 is 0 Å². The normalized spacial score (nSPS) is 12.1. The molecule has 1 atom stereocenters. The van der Waals surface area contributed by atoms with Gasteiger partial charge in [0.05, 0.1) is 19.1 Å². The first-order chi connectivity index (χ1) is 19.4. The molecule has 0 fully saturated rings. The Kier molecular flexibility index (Phi) is 10.9. The van der Waals surface area contributed by atoms with Gasteiger partial charge in [-0.3, -0.25) is 13.9 Å². The van der Waals surface area contributed by atoms with Crippen molar-refractivity contribution in [1.29, 1.82) is 0 Å². The largest absolute Gasteiger partial charge is 0.497 e. The minimum absolute atomic E-state index is 0.0904. The van der Waals surface area contributed by atoms with Crippen LogP contribution in [0.25, 0.3) is 0 Å². The van der Waals surface area contributed by atoms with E-state index in [1.165, 1.54) is 4.90 Å². The molecule has 0 saturated heterocycles. The van der Waals surface area contributed by atoms with E-state index in [2.05, 4.69) is 5.32 Å². The molecule has 0 aliphatic carbocycles. The number of amides is 2. The summed E-state index contributed by atoms with van der Waals surface area (Å²) in [6.45, 7) is 7.92. The number of nitrogens with zero attached hydrogens (tertiary/aromatic N) is 2. The molecule has 0 saturated carbocycles. The zero-order valence-corrected chi connectivity index (χ0v) is 25.6. The molecule has 1 N–H and O–H groups in total. The van der Waals surface area contributed by atoms with Gasteiger partial charge in [-0.2, -0.15) is 0 Å². The van der Waals surface area contributed by atoms with Crippen molar-refractivity contribution < 1.29 is 22.7 Å². The van der Waals surface area contributed by atoms with Gasteiger partial charge < -0.3 is 15.0 Å². The van der Waals surface area contributed by atoms with E-state index < -0.39 is 28.5 Å². The molecule has 1 unspecified atom stereocenters. The molecule has 0 radical (unpaired) electrons. The zero-order valence-electron chi connectivity index (χ0n) is 24.8. The Balaban J connectivity index is 2.07. The highest BCUT2D eigenvalue weighted by molar-refractivity contribution is 7.92. The van der Waals surface area contributed by atoms with Gasteiger partial charge in [0.2, 0.25) is 21.8 Å². The van der Waals surface area contributed by atoms with Crippen LogP contribution in [0.4, 0.5) is 5.69 Å². The van der Waals surface area contributed by atoms with Crippen LogP contribution in [0.15, 0.2) is 72.8 Å². The molecular formula is C32H41N3O5S. The number of hydrogen-bond donors (Lipinski definition) is 1. The summed E-state index contributed by atoms with van der Waals surface area (Å²) in [6, 6.07) is 21.2. The number of ether oxygens (including phenoxy) is 1. The smallest absolute Gasteiger partial charge is 0.244 e. The van der Waals surface area contributed by atoms with Crippen molar-refractivity contribution in [2.24, 2.45) is 5.92 Å². The van der Waals surface area contributed by atoms with Gasteiger partial charge in [-0.15, -0.1) is 0 Å². The standard InChI is InChI=1S/C32H41N3O5S/c1-23(2)20-33-32(37)30(19-26-11-8-7-9-12-26)34(21-27-13-10-14-29(18-27)40-5)31(36)22-35(41(6,38)39)28-16-15-24(3)25(4)17-28/h7-18,23,30H,19-22H2,1-6H3,(H,33,37). The number of hydrogen-bond acceptors (Lipinski definition) is 5. The Hall–Kier alpha value is -3.85. The minimum Gasteiger partial charge on any atom is -0.497 e. The number of anilines is 1. The monoisotopic (exact) mass is 579 g/mol. The zero-order chi connectivity index (χ0) is 30.2. The molecule has 3 aromatic rings. The van der Waals surface area contributed by atoms with Crippen molar-refractivity contribution >= 4 is 27.5 Å². The number of rotatable bonds is 13. The maximum atomic E-state index is 14.2. The first kappa shape index (κ1) is 31.7. The van der Waals surface area contributed by atoms with Crippen LogP contribution in [0.3, 0.4) is 0 Å². The van der Waals surface area contributed by atoms with E-state index in [4.69, 9.17) is 4.74 Å². The van der Waals surface area contributed by atoms with E-state index in [1.54, 1.807) is 25.3 Å². The van der Waals surface area contributed by atoms with E-state index in [1.807, 2.05) is 82.3 Å². The Morgan fingerprint density at radius 3 is 2.20 bits per heavy atom. The van der Waals surface area contributed by atoms with Crippen molar-refractivity contribution in [2.75, 3.05) is 30.8 Å². The Bertz CT molecular complexity index is 1440. The van der Waals surface area contributed by atoms with Gasteiger partial charge in [0, 0.05) is 19.5 Å². The summed E-state index contributed by atoms with van der Waals surface area (Å²) in [7, 11) is -2.26. The van der Waals surface area contributed by atoms with Gasteiger partial charge in [0.25, 0.3) is 0 Å². The summed E-state index contributed by atoms with van der Waals surface area (Å²) < 4.78 is 32.4. The third-order valence-electron chi connectivity index (χ3n) is 6.90. The molecule has 3 aromatic carbocycles. The van der Waals surface area contributed by atoms with Crippen molar-refractivity contribution in [1.82, 2.24) is 10.2 Å². The predicted molar refractivity (Wildman–Crippen MR) is 163 cm³/mol. The van der Waals surface area contributed by atoms with Gasteiger partial charge in [-0.05, 0) is 66.3 Å². The van der Waals surface area contributed by atoms with E-state index >= 15 is 0 Å². The van der Waals surface area contributed by atoms with E-state index in [9.17, 15) is 18.0 Å². The molecule has 0 heterocycles. The van der Waals surface area contributed by atoms with Crippen LogP contribution in [-0.4, -0.2) is 57.6 Å². The summed E-state index contributed by atoms with van der Waals surface area (Å²) in [5, 5.41) is 2.99. The Morgan fingerprint density at radius 1 is 0.902 bits per heavy atom. The lowest BCUT2D eigenvalue weighted by Gasteiger charge is -2.33. The fraction of sp³-hybridized carbons (Fsp3) is 0.375. The van der Waals surface area contributed by atoms with Gasteiger partial charge >= 0.3 is 0 Å². The summed E-state index contributed by atoms with van der Waals surface area (Å²) in [4.78, 5) is 29.3. The number of aryl methyl sites for hydroxylation is 2. The van der Waals surface area contributed by atoms with Gasteiger partial charge in [-0.1, -0.05) is 62.4 Å². The number of sulfonamides is 1. The highest BCUT2D eigenvalue weighted by atomic mass is 32.2.